The lowest BCUT2D eigenvalue weighted by atomic mass is 10.1. The van der Waals surface area contributed by atoms with E-state index in [1.807, 2.05) is 20.8 Å². The minimum Gasteiger partial charge on any atom is -0.478 e. The number of ether oxygens (including phenoxy) is 1. The van der Waals surface area contributed by atoms with Crippen molar-refractivity contribution in [2.75, 3.05) is 11.9 Å². The van der Waals surface area contributed by atoms with E-state index in [-0.39, 0.29) is 35.7 Å². The van der Waals surface area contributed by atoms with Crippen molar-refractivity contribution < 1.29 is 22.7 Å². The molecule has 27 heavy (non-hydrogen) atoms. The molecule has 1 heterocycles. The Bertz CT molecular complexity index is 792. The quantitative estimate of drug-likeness (QED) is 0.588. The largest absolute Gasteiger partial charge is 0.478 e. The summed E-state index contributed by atoms with van der Waals surface area (Å²) in [5.41, 5.74) is 0.327. The van der Waals surface area contributed by atoms with Gasteiger partial charge in [-0.15, -0.1) is 0 Å². The number of nitrogens with one attached hydrogen (secondary N) is 3. The van der Waals surface area contributed by atoms with E-state index in [4.69, 9.17) is 4.74 Å². The summed E-state index contributed by atoms with van der Waals surface area (Å²) in [6.07, 6.45) is 1.92. The van der Waals surface area contributed by atoms with Crippen molar-refractivity contribution in [3.8, 4) is 5.75 Å². The van der Waals surface area contributed by atoms with Crippen LogP contribution in [0.2, 0.25) is 0 Å². The lowest BCUT2D eigenvalue weighted by molar-refractivity contribution is -0.124. The second-order valence-corrected chi connectivity index (χ2v) is 8.53. The average molecular weight is 397 g/mol. The third-order valence-electron chi connectivity index (χ3n) is 3.99. The predicted molar refractivity (Wildman–Crippen MR) is 102 cm³/mol. The second kappa shape index (κ2) is 9.18. The molecule has 0 radical (unpaired) electrons. The molecule has 0 saturated heterocycles. The summed E-state index contributed by atoms with van der Waals surface area (Å²) in [6.45, 7) is 5.68. The standard InChI is InChI=1S/C18H27N3O5S/c1-4-5-6-16-18(23)21-14-11-13(7-8-15(14)26-16)27(24,25)19-10-9-17(22)20-12(2)3/h7-8,11-12,16,19H,4-6,9-10H2,1-3H3,(H,20,22)(H,21,23)/t16-/m0/s1. The Balaban J connectivity index is 2.02. The first-order valence-corrected chi connectivity index (χ1v) is 10.6. The number of hydrogen-bond acceptors (Lipinski definition) is 5. The van der Waals surface area contributed by atoms with Gasteiger partial charge in [-0.25, -0.2) is 13.1 Å². The number of amides is 2. The lowest BCUT2D eigenvalue weighted by Gasteiger charge is -2.26. The maximum Gasteiger partial charge on any atom is 0.265 e. The average Bonchev–Trinajstić information content (AvgIpc) is 2.58. The zero-order chi connectivity index (χ0) is 20.0. The van der Waals surface area contributed by atoms with Crippen LogP contribution >= 0.6 is 0 Å². The van der Waals surface area contributed by atoms with Crippen LogP contribution in [-0.2, 0) is 19.6 Å². The maximum atomic E-state index is 12.4. The topological polar surface area (TPSA) is 114 Å². The maximum absolute atomic E-state index is 12.4. The van der Waals surface area contributed by atoms with Crippen molar-refractivity contribution in [1.29, 1.82) is 0 Å². The van der Waals surface area contributed by atoms with Crippen LogP contribution < -0.4 is 20.1 Å². The first-order chi connectivity index (χ1) is 12.7. The van der Waals surface area contributed by atoms with Gasteiger partial charge in [0.05, 0.1) is 10.6 Å². The van der Waals surface area contributed by atoms with Crippen molar-refractivity contribution in [1.82, 2.24) is 10.0 Å². The molecule has 0 unspecified atom stereocenters. The molecule has 1 aliphatic heterocycles. The summed E-state index contributed by atoms with van der Waals surface area (Å²) in [6, 6.07) is 4.32. The van der Waals surface area contributed by atoms with Gasteiger partial charge in [0.2, 0.25) is 15.9 Å². The SMILES string of the molecule is CCCC[C@@H]1Oc2ccc(S(=O)(=O)NCCC(=O)NC(C)C)cc2NC1=O. The molecule has 0 saturated carbocycles. The third kappa shape index (κ3) is 5.93. The van der Waals surface area contributed by atoms with Gasteiger partial charge in [0, 0.05) is 19.0 Å². The molecule has 0 fully saturated rings. The van der Waals surface area contributed by atoms with Gasteiger partial charge in [-0.2, -0.15) is 0 Å². The molecule has 0 aromatic heterocycles. The minimum atomic E-state index is -3.80. The molecule has 1 aliphatic rings. The molecule has 1 atom stereocenters. The highest BCUT2D eigenvalue weighted by atomic mass is 32.2. The fraction of sp³-hybridized carbons (Fsp3) is 0.556. The van der Waals surface area contributed by atoms with Crippen LogP contribution in [0.5, 0.6) is 5.75 Å². The molecular formula is C18H27N3O5S. The van der Waals surface area contributed by atoms with Crippen LogP contribution in [0.1, 0.15) is 46.5 Å². The molecule has 3 N–H and O–H groups in total. The summed E-state index contributed by atoms with van der Waals surface area (Å²) in [5, 5.41) is 5.40. The minimum absolute atomic E-state index is 0.000448. The smallest absolute Gasteiger partial charge is 0.265 e. The molecule has 0 spiro atoms. The molecule has 150 valence electrons. The molecule has 8 nitrogen and oxygen atoms in total. The van der Waals surface area contributed by atoms with E-state index >= 15 is 0 Å². The first-order valence-electron chi connectivity index (χ1n) is 9.13. The molecule has 0 bridgehead atoms. The monoisotopic (exact) mass is 397 g/mol. The van der Waals surface area contributed by atoms with Crippen LogP contribution in [0.4, 0.5) is 5.69 Å². The molecule has 2 amide bonds. The number of rotatable bonds is 9. The van der Waals surface area contributed by atoms with Crippen LogP contribution in [0.15, 0.2) is 23.1 Å². The number of hydrogen-bond donors (Lipinski definition) is 3. The highest BCUT2D eigenvalue weighted by molar-refractivity contribution is 7.89. The van der Waals surface area contributed by atoms with Crippen LogP contribution in [0.25, 0.3) is 0 Å². The Morgan fingerprint density at radius 2 is 2.07 bits per heavy atom. The van der Waals surface area contributed by atoms with Crippen molar-refractivity contribution in [3.05, 3.63) is 18.2 Å². The second-order valence-electron chi connectivity index (χ2n) is 6.77. The fourth-order valence-corrected chi connectivity index (χ4v) is 3.71. The van der Waals surface area contributed by atoms with Crippen LogP contribution in [0.3, 0.4) is 0 Å². The highest BCUT2D eigenvalue weighted by Crippen LogP contribution is 2.32. The van der Waals surface area contributed by atoms with Gasteiger partial charge >= 0.3 is 0 Å². The number of anilines is 1. The Hall–Kier alpha value is -2.13. The molecule has 0 aliphatic carbocycles. The molecular weight excluding hydrogens is 370 g/mol. The van der Waals surface area contributed by atoms with Crippen molar-refractivity contribution >= 4 is 27.5 Å². The number of sulfonamides is 1. The van der Waals surface area contributed by atoms with Gasteiger partial charge in [-0.3, -0.25) is 9.59 Å². The summed E-state index contributed by atoms with van der Waals surface area (Å²) in [7, 11) is -3.80. The summed E-state index contributed by atoms with van der Waals surface area (Å²) in [5.74, 6) is -0.0493. The summed E-state index contributed by atoms with van der Waals surface area (Å²) in [4.78, 5) is 23.7. The van der Waals surface area contributed by atoms with E-state index in [1.54, 1.807) is 0 Å². The third-order valence-corrected chi connectivity index (χ3v) is 5.45. The van der Waals surface area contributed by atoms with Crippen molar-refractivity contribution in [3.63, 3.8) is 0 Å². The lowest BCUT2D eigenvalue weighted by Crippen LogP contribution is -2.37. The molecule has 2 rings (SSSR count). The van der Waals surface area contributed by atoms with Crippen LogP contribution in [0, 0.1) is 0 Å². The van der Waals surface area contributed by atoms with Crippen LogP contribution in [-0.4, -0.2) is 38.9 Å². The Morgan fingerprint density at radius 1 is 1.33 bits per heavy atom. The number of carbonyl (C=O) groups is 2. The van der Waals surface area contributed by atoms with E-state index in [0.29, 0.717) is 17.9 Å². The number of unbranched alkanes of at least 4 members (excludes halogenated alkanes) is 1. The highest BCUT2D eigenvalue weighted by Gasteiger charge is 2.28. The summed E-state index contributed by atoms with van der Waals surface area (Å²) >= 11 is 0. The Morgan fingerprint density at radius 3 is 2.74 bits per heavy atom. The molecule has 1 aromatic rings. The Kier molecular flexibility index (Phi) is 7.20. The van der Waals surface area contributed by atoms with Gasteiger partial charge in [-0.1, -0.05) is 13.3 Å². The van der Waals surface area contributed by atoms with E-state index < -0.39 is 16.1 Å². The van der Waals surface area contributed by atoms with Crippen molar-refractivity contribution in [2.24, 2.45) is 0 Å². The Labute approximate surface area is 160 Å². The zero-order valence-corrected chi connectivity index (χ0v) is 16.7. The van der Waals surface area contributed by atoms with E-state index in [9.17, 15) is 18.0 Å². The number of benzene rings is 1. The van der Waals surface area contributed by atoms with E-state index in [0.717, 1.165) is 12.8 Å². The fourth-order valence-electron chi connectivity index (χ4n) is 2.65. The van der Waals surface area contributed by atoms with Gasteiger partial charge in [-0.05, 0) is 44.9 Å². The van der Waals surface area contributed by atoms with Gasteiger partial charge < -0.3 is 15.4 Å². The van der Waals surface area contributed by atoms with Crippen molar-refractivity contribution in [2.45, 2.75) is 63.5 Å². The predicted octanol–water partition coefficient (Wildman–Crippen LogP) is 1.77. The molecule has 9 heteroatoms. The van der Waals surface area contributed by atoms with Gasteiger partial charge in [0.15, 0.2) is 6.10 Å². The zero-order valence-electron chi connectivity index (χ0n) is 15.9. The van der Waals surface area contributed by atoms with Gasteiger partial charge in [0.25, 0.3) is 5.91 Å². The number of carbonyl (C=O) groups excluding carboxylic acids is 2. The summed E-state index contributed by atoms with van der Waals surface area (Å²) < 4.78 is 32.9. The first kappa shape index (κ1) is 21.2. The van der Waals surface area contributed by atoms with E-state index in [2.05, 4.69) is 15.4 Å². The van der Waals surface area contributed by atoms with Gasteiger partial charge in [0.1, 0.15) is 5.75 Å². The van der Waals surface area contributed by atoms with E-state index in [1.165, 1.54) is 18.2 Å². The molecule has 1 aromatic carbocycles. The number of fused-ring (bicyclic) bond motifs is 1. The normalized spacial score (nSPS) is 16.4.